The van der Waals surface area contributed by atoms with Crippen LogP contribution in [0.1, 0.15) is 22.9 Å². The minimum absolute atomic E-state index is 0.0148. The van der Waals surface area contributed by atoms with E-state index < -0.39 is 23.5 Å². The van der Waals surface area contributed by atoms with E-state index in [1.807, 2.05) is 30.3 Å². The van der Waals surface area contributed by atoms with Crippen LogP contribution < -0.4 is 0 Å². The van der Waals surface area contributed by atoms with Crippen LogP contribution in [0.2, 0.25) is 5.02 Å². The number of aliphatic hydroxyl groups excluding tert-OH is 1. The van der Waals surface area contributed by atoms with Gasteiger partial charge in [0.05, 0.1) is 24.4 Å². The van der Waals surface area contributed by atoms with Gasteiger partial charge in [0, 0.05) is 5.02 Å². The molecule has 1 amide bonds. The molecule has 0 radical (unpaired) electrons. The highest BCUT2D eigenvalue weighted by Crippen LogP contribution is 2.39. The number of hydrogen-bond donors (Lipinski definition) is 1. The van der Waals surface area contributed by atoms with Crippen LogP contribution in [0.25, 0.3) is 6.08 Å². The van der Waals surface area contributed by atoms with Gasteiger partial charge in [0.15, 0.2) is 11.5 Å². The lowest BCUT2D eigenvalue weighted by atomic mass is 9.95. The molecule has 30 heavy (non-hydrogen) atoms. The Labute approximate surface area is 178 Å². The zero-order valence-corrected chi connectivity index (χ0v) is 16.6. The van der Waals surface area contributed by atoms with E-state index in [1.54, 1.807) is 42.5 Å². The Morgan fingerprint density at radius 2 is 1.90 bits per heavy atom. The second-order valence-corrected chi connectivity index (χ2v) is 7.28. The molecular formula is C24H18ClNO4. The van der Waals surface area contributed by atoms with Crippen LogP contribution in [0.15, 0.2) is 94.8 Å². The van der Waals surface area contributed by atoms with E-state index in [4.69, 9.17) is 16.0 Å². The Morgan fingerprint density at radius 3 is 2.60 bits per heavy atom. The quantitative estimate of drug-likeness (QED) is 0.563. The Hall–Kier alpha value is -3.57. The summed E-state index contributed by atoms with van der Waals surface area (Å²) in [6, 6.07) is 18.9. The van der Waals surface area contributed by atoms with Gasteiger partial charge in [0.25, 0.3) is 5.91 Å². The SMILES string of the molecule is O=C(C=Cc1ccccc1)C1=C(O)C(=O)N(Cc2ccco2)C1c1cccc(Cl)c1. The highest BCUT2D eigenvalue weighted by Gasteiger charge is 2.43. The molecule has 2 aromatic carbocycles. The van der Waals surface area contributed by atoms with Crippen LogP contribution >= 0.6 is 11.6 Å². The van der Waals surface area contributed by atoms with E-state index >= 15 is 0 Å². The molecule has 150 valence electrons. The number of rotatable bonds is 6. The number of carbonyl (C=O) groups excluding carboxylic acids is 2. The summed E-state index contributed by atoms with van der Waals surface area (Å²) in [6.07, 6.45) is 4.52. The average molecular weight is 420 g/mol. The van der Waals surface area contributed by atoms with Gasteiger partial charge in [-0.2, -0.15) is 0 Å². The number of ketones is 1. The summed E-state index contributed by atoms with van der Waals surface area (Å²) in [5.41, 5.74) is 1.48. The van der Waals surface area contributed by atoms with E-state index in [0.29, 0.717) is 16.3 Å². The van der Waals surface area contributed by atoms with E-state index in [1.165, 1.54) is 17.2 Å². The minimum Gasteiger partial charge on any atom is -0.503 e. The standard InChI is InChI=1S/C24H18ClNO4/c25-18-9-4-8-17(14-18)22-21(20(27)12-11-16-6-2-1-3-7-16)23(28)24(29)26(22)15-19-10-5-13-30-19/h1-14,22,28H,15H2. The van der Waals surface area contributed by atoms with E-state index in [2.05, 4.69) is 0 Å². The Kier molecular flexibility index (Phi) is 5.55. The molecule has 1 aliphatic rings. The predicted octanol–water partition coefficient (Wildman–Crippen LogP) is 5.11. The number of furan rings is 1. The molecule has 1 atom stereocenters. The maximum atomic E-state index is 13.1. The van der Waals surface area contributed by atoms with Crippen molar-refractivity contribution in [3.63, 3.8) is 0 Å². The molecule has 2 heterocycles. The number of hydrogen-bond acceptors (Lipinski definition) is 4. The lowest BCUT2D eigenvalue weighted by Gasteiger charge is -2.26. The fourth-order valence-electron chi connectivity index (χ4n) is 3.49. The molecule has 1 aliphatic heterocycles. The van der Waals surface area contributed by atoms with Crippen molar-refractivity contribution >= 4 is 29.4 Å². The van der Waals surface area contributed by atoms with Crippen LogP contribution in [0, 0.1) is 0 Å². The minimum atomic E-state index is -0.783. The molecule has 1 unspecified atom stereocenters. The van der Waals surface area contributed by atoms with E-state index in [9.17, 15) is 14.7 Å². The molecule has 6 heteroatoms. The van der Waals surface area contributed by atoms with Gasteiger partial charge in [0.1, 0.15) is 5.76 Å². The summed E-state index contributed by atoms with van der Waals surface area (Å²) in [5, 5.41) is 11.1. The number of carbonyl (C=O) groups is 2. The highest BCUT2D eigenvalue weighted by molar-refractivity contribution is 6.30. The molecule has 0 saturated heterocycles. The first-order valence-electron chi connectivity index (χ1n) is 9.34. The van der Waals surface area contributed by atoms with E-state index in [-0.39, 0.29) is 12.1 Å². The summed E-state index contributed by atoms with van der Waals surface area (Å²) in [5.74, 6) is -1.10. The van der Waals surface area contributed by atoms with Crippen molar-refractivity contribution in [3.8, 4) is 0 Å². The monoisotopic (exact) mass is 419 g/mol. The zero-order chi connectivity index (χ0) is 21.1. The Bertz CT molecular complexity index is 1130. The first-order chi connectivity index (χ1) is 14.5. The third-order valence-corrected chi connectivity index (χ3v) is 5.10. The number of halogens is 1. The highest BCUT2D eigenvalue weighted by atomic mass is 35.5. The molecule has 0 bridgehead atoms. The van der Waals surface area contributed by atoms with Gasteiger partial charge in [-0.25, -0.2) is 0 Å². The third kappa shape index (κ3) is 3.93. The average Bonchev–Trinajstić information content (AvgIpc) is 3.35. The van der Waals surface area contributed by atoms with Crippen molar-refractivity contribution < 1.29 is 19.1 Å². The second kappa shape index (κ2) is 8.43. The summed E-state index contributed by atoms with van der Waals surface area (Å²) in [7, 11) is 0. The molecule has 1 aromatic heterocycles. The summed E-state index contributed by atoms with van der Waals surface area (Å²) >= 11 is 6.16. The van der Waals surface area contributed by atoms with Crippen molar-refractivity contribution in [1.29, 1.82) is 0 Å². The number of benzene rings is 2. The van der Waals surface area contributed by atoms with Gasteiger partial charge in [-0.05, 0) is 41.5 Å². The third-order valence-electron chi connectivity index (χ3n) is 4.87. The Balaban J connectivity index is 1.73. The van der Waals surface area contributed by atoms with Crippen molar-refractivity contribution in [3.05, 3.63) is 112 Å². The normalized spacial score (nSPS) is 16.6. The molecular weight excluding hydrogens is 402 g/mol. The number of nitrogens with zero attached hydrogens (tertiary/aromatic N) is 1. The largest absolute Gasteiger partial charge is 0.503 e. The van der Waals surface area contributed by atoms with Crippen LogP contribution in [0.5, 0.6) is 0 Å². The topological polar surface area (TPSA) is 70.8 Å². The van der Waals surface area contributed by atoms with Gasteiger partial charge in [-0.3, -0.25) is 9.59 Å². The van der Waals surface area contributed by atoms with Crippen molar-refractivity contribution in [2.75, 3.05) is 0 Å². The number of aliphatic hydroxyl groups is 1. The maximum absolute atomic E-state index is 13.1. The fraction of sp³-hybridized carbons (Fsp3) is 0.0833. The molecule has 0 fully saturated rings. The van der Waals surface area contributed by atoms with Gasteiger partial charge < -0.3 is 14.4 Å². The van der Waals surface area contributed by atoms with Gasteiger partial charge in [-0.15, -0.1) is 0 Å². The van der Waals surface area contributed by atoms with Crippen LogP contribution in [-0.4, -0.2) is 21.7 Å². The zero-order valence-electron chi connectivity index (χ0n) is 15.9. The lowest BCUT2D eigenvalue weighted by Crippen LogP contribution is -2.30. The molecule has 0 saturated carbocycles. The molecule has 0 aliphatic carbocycles. The fourth-order valence-corrected chi connectivity index (χ4v) is 3.69. The smallest absolute Gasteiger partial charge is 0.290 e. The first-order valence-corrected chi connectivity index (χ1v) is 9.72. The molecule has 0 spiro atoms. The van der Waals surface area contributed by atoms with Crippen LogP contribution in [0.3, 0.4) is 0 Å². The van der Waals surface area contributed by atoms with Crippen molar-refractivity contribution in [1.82, 2.24) is 4.90 Å². The maximum Gasteiger partial charge on any atom is 0.290 e. The Morgan fingerprint density at radius 1 is 1.10 bits per heavy atom. The second-order valence-electron chi connectivity index (χ2n) is 6.84. The molecule has 1 N–H and O–H groups in total. The summed E-state index contributed by atoms with van der Waals surface area (Å²) in [6.45, 7) is 0.103. The van der Waals surface area contributed by atoms with Gasteiger partial charge in [-0.1, -0.05) is 60.1 Å². The predicted molar refractivity (Wildman–Crippen MR) is 114 cm³/mol. The van der Waals surface area contributed by atoms with Crippen molar-refractivity contribution in [2.24, 2.45) is 0 Å². The molecule has 5 nitrogen and oxygen atoms in total. The van der Waals surface area contributed by atoms with Crippen LogP contribution in [0.4, 0.5) is 0 Å². The van der Waals surface area contributed by atoms with E-state index in [0.717, 1.165) is 5.56 Å². The summed E-state index contributed by atoms with van der Waals surface area (Å²) in [4.78, 5) is 27.3. The van der Waals surface area contributed by atoms with Crippen molar-refractivity contribution in [2.45, 2.75) is 12.6 Å². The van der Waals surface area contributed by atoms with Gasteiger partial charge >= 0.3 is 0 Å². The summed E-state index contributed by atoms with van der Waals surface area (Å²) < 4.78 is 5.37. The number of allylic oxidation sites excluding steroid dienone is 1. The molecule has 3 aromatic rings. The van der Waals surface area contributed by atoms with Crippen LogP contribution in [-0.2, 0) is 16.1 Å². The lowest BCUT2D eigenvalue weighted by molar-refractivity contribution is -0.130. The first kappa shape index (κ1) is 19.7. The molecule has 4 rings (SSSR count). The number of amides is 1. The van der Waals surface area contributed by atoms with Gasteiger partial charge in [0.2, 0.25) is 0 Å².